The number of cyclic esters (lactones) is 1. The van der Waals surface area contributed by atoms with Crippen LogP contribution in [0.1, 0.15) is 49.2 Å². The summed E-state index contributed by atoms with van der Waals surface area (Å²) in [7, 11) is 0. The normalized spacial score (nSPS) is 16.0. The SMILES string of the molecule is O=C(O)c1ccc(C(=O)CC2OC(=O)c3ccccc32)cc1. The van der Waals surface area contributed by atoms with E-state index in [4.69, 9.17) is 9.84 Å². The summed E-state index contributed by atoms with van der Waals surface area (Å²) in [5, 5.41) is 8.84. The molecule has 0 radical (unpaired) electrons. The molecule has 5 nitrogen and oxygen atoms in total. The summed E-state index contributed by atoms with van der Waals surface area (Å²) in [5.74, 6) is -1.67. The molecule has 0 amide bonds. The number of Topliss-reactive ketones (excluding diaryl/α,β-unsaturated/α-hetero) is 1. The predicted octanol–water partition coefficient (Wildman–Crippen LogP) is 2.87. The van der Waals surface area contributed by atoms with Crippen molar-refractivity contribution in [3.63, 3.8) is 0 Å². The molecule has 1 unspecified atom stereocenters. The topological polar surface area (TPSA) is 80.7 Å². The lowest BCUT2D eigenvalue weighted by atomic mass is 9.98. The van der Waals surface area contributed by atoms with E-state index in [0.29, 0.717) is 16.7 Å². The van der Waals surface area contributed by atoms with Gasteiger partial charge >= 0.3 is 11.9 Å². The van der Waals surface area contributed by atoms with E-state index in [1.807, 2.05) is 0 Å². The van der Waals surface area contributed by atoms with Crippen molar-refractivity contribution in [3.05, 3.63) is 70.8 Å². The quantitative estimate of drug-likeness (QED) is 0.693. The molecule has 0 aliphatic carbocycles. The van der Waals surface area contributed by atoms with Crippen molar-refractivity contribution in [1.82, 2.24) is 0 Å². The zero-order valence-corrected chi connectivity index (χ0v) is 11.5. The van der Waals surface area contributed by atoms with Gasteiger partial charge in [0, 0.05) is 11.1 Å². The van der Waals surface area contributed by atoms with Gasteiger partial charge in [-0.3, -0.25) is 4.79 Å². The molecule has 2 aromatic rings. The molecule has 0 spiro atoms. The minimum absolute atomic E-state index is 0.0369. The zero-order valence-electron chi connectivity index (χ0n) is 11.5. The average molecular weight is 296 g/mol. The van der Waals surface area contributed by atoms with Crippen LogP contribution in [-0.2, 0) is 4.74 Å². The fourth-order valence-corrected chi connectivity index (χ4v) is 2.46. The molecule has 1 aliphatic heterocycles. The minimum atomic E-state index is -1.04. The number of hydrogen-bond acceptors (Lipinski definition) is 4. The van der Waals surface area contributed by atoms with Gasteiger partial charge in [-0.2, -0.15) is 0 Å². The first-order chi connectivity index (χ1) is 10.6. The summed E-state index contributed by atoms with van der Waals surface area (Å²) >= 11 is 0. The lowest BCUT2D eigenvalue weighted by molar-refractivity contribution is 0.0366. The van der Waals surface area contributed by atoms with Crippen molar-refractivity contribution >= 4 is 17.7 Å². The number of rotatable bonds is 4. The van der Waals surface area contributed by atoms with Crippen molar-refractivity contribution in [3.8, 4) is 0 Å². The highest BCUT2D eigenvalue weighted by Crippen LogP contribution is 2.33. The number of benzene rings is 2. The Morgan fingerprint density at radius 2 is 1.64 bits per heavy atom. The fourth-order valence-electron chi connectivity index (χ4n) is 2.46. The van der Waals surface area contributed by atoms with Gasteiger partial charge in [-0.05, 0) is 18.2 Å². The van der Waals surface area contributed by atoms with Crippen molar-refractivity contribution in [1.29, 1.82) is 0 Å². The number of hydrogen-bond donors (Lipinski definition) is 1. The Bertz CT molecular complexity index is 761. The third kappa shape index (κ3) is 2.48. The van der Waals surface area contributed by atoms with E-state index in [1.165, 1.54) is 24.3 Å². The first-order valence-electron chi connectivity index (χ1n) is 6.72. The van der Waals surface area contributed by atoms with E-state index < -0.39 is 18.0 Å². The number of esters is 1. The van der Waals surface area contributed by atoms with Gasteiger partial charge in [0.25, 0.3) is 0 Å². The Morgan fingerprint density at radius 3 is 2.32 bits per heavy atom. The summed E-state index contributed by atoms with van der Waals surface area (Å²) in [6.07, 6.45) is -0.551. The molecule has 0 bridgehead atoms. The maximum atomic E-state index is 12.3. The monoisotopic (exact) mass is 296 g/mol. The molecule has 1 N–H and O–H groups in total. The molecular formula is C17H12O5. The molecule has 1 aliphatic rings. The Balaban J connectivity index is 1.78. The summed E-state index contributed by atoms with van der Waals surface area (Å²) < 4.78 is 5.23. The van der Waals surface area contributed by atoms with Crippen molar-refractivity contribution in [2.24, 2.45) is 0 Å². The number of aromatic carboxylic acids is 1. The van der Waals surface area contributed by atoms with Crippen molar-refractivity contribution in [2.75, 3.05) is 0 Å². The molecule has 0 saturated heterocycles. The molecule has 3 rings (SSSR count). The van der Waals surface area contributed by atoms with Crippen LogP contribution in [0.5, 0.6) is 0 Å². The van der Waals surface area contributed by atoms with Crippen LogP contribution in [0.15, 0.2) is 48.5 Å². The van der Waals surface area contributed by atoms with Gasteiger partial charge in [-0.15, -0.1) is 0 Å². The molecule has 1 atom stereocenters. The summed E-state index contributed by atoms with van der Waals surface area (Å²) in [4.78, 5) is 34.8. The van der Waals surface area contributed by atoms with E-state index in [-0.39, 0.29) is 17.8 Å². The standard InChI is InChI=1S/C17H12O5/c18-14(10-5-7-11(8-6-10)16(19)20)9-15-12-3-1-2-4-13(12)17(21)22-15/h1-8,15H,9H2,(H,19,20). The van der Waals surface area contributed by atoms with E-state index in [2.05, 4.69) is 0 Å². The highest BCUT2D eigenvalue weighted by atomic mass is 16.5. The van der Waals surface area contributed by atoms with Gasteiger partial charge < -0.3 is 9.84 Å². The first kappa shape index (κ1) is 14.0. The minimum Gasteiger partial charge on any atom is -0.478 e. The van der Waals surface area contributed by atoms with Gasteiger partial charge in [0.1, 0.15) is 6.10 Å². The summed E-state index contributed by atoms with van der Waals surface area (Å²) in [6.45, 7) is 0. The van der Waals surface area contributed by atoms with E-state index in [1.54, 1.807) is 24.3 Å². The Hall–Kier alpha value is -2.95. The highest BCUT2D eigenvalue weighted by Gasteiger charge is 2.32. The lowest BCUT2D eigenvalue weighted by Gasteiger charge is -2.10. The smallest absolute Gasteiger partial charge is 0.339 e. The number of fused-ring (bicyclic) bond motifs is 1. The number of carbonyl (C=O) groups excluding carboxylic acids is 2. The van der Waals surface area contributed by atoms with Gasteiger partial charge in [0.05, 0.1) is 17.5 Å². The zero-order chi connectivity index (χ0) is 15.7. The van der Waals surface area contributed by atoms with Crippen LogP contribution < -0.4 is 0 Å². The second-order valence-electron chi connectivity index (χ2n) is 4.99. The van der Waals surface area contributed by atoms with Crippen LogP contribution in [0.3, 0.4) is 0 Å². The third-order valence-corrected chi connectivity index (χ3v) is 3.60. The molecule has 0 aromatic heterocycles. The predicted molar refractivity (Wildman–Crippen MR) is 76.9 cm³/mol. The maximum Gasteiger partial charge on any atom is 0.339 e. The largest absolute Gasteiger partial charge is 0.478 e. The van der Waals surface area contributed by atoms with Crippen LogP contribution in [-0.4, -0.2) is 22.8 Å². The Morgan fingerprint density at radius 1 is 1.00 bits per heavy atom. The second-order valence-corrected chi connectivity index (χ2v) is 4.99. The molecular weight excluding hydrogens is 284 g/mol. The van der Waals surface area contributed by atoms with Gasteiger partial charge in [0.15, 0.2) is 5.78 Å². The highest BCUT2D eigenvalue weighted by molar-refractivity contribution is 5.99. The van der Waals surface area contributed by atoms with E-state index in [0.717, 1.165) is 0 Å². The molecule has 5 heteroatoms. The number of carboxylic acid groups (broad SMARTS) is 1. The van der Waals surface area contributed by atoms with E-state index in [9.17, 15) is 14.4 Å². The van der Waals surface area contributed by atoms with Crippen LogP contribution in [0, 0.1) is 0 Å². The molecule has 0 saturated carbocycles. The van der Waals surface area contributed by atoms with Gasteiger partial charge in [-0.25, -0.2) is 9.59 Å². The lowest BCUT2D eigenvalue weighted by Crippen LogP contribution is -2.08. The third-order valence-electron chi connectivity index (χ3n) is 3.60. The molecule has 0 fully saturated rings. The summed E-state index contributed by atoms with van der Waals surface area (Å²) in [6, 6.07) is 12.7. The van der Waals surface area contributed by atoms with E-state index >= 15 is 0 Å². The second kappa shape index (κ2) is 5.44. The van der Waals surface area contributed by atoms with Crippen LogP contribution in [0.2, 0.25) is 0 Å². The molecule has 22 heavy (non-hydrogen) atoms. The molecule has 110 valence electrons. The first-order valence-corrected chi connectivity index (χ1v) is 6.72. The van der Waals surface area contributed by atoms with Crippen LogP contribution >= 0.6 is 0 Å². The number of carboxylic acids is 1. The number of ketones is 1. The average Bonchev–Trinajstić information content (AvgIpc) is 2.84. The number of carbonyl (C=O) groups is 3. The van der Waals surface area contributed by atoms with Crippen molar-refractivity contribution in [2.45, 2.75) is 12.5 Å². The molecule has 1 heterocycles. The van der Waals surface area contributed by atoms with Gasteiger partial charge in [-0.1, -0.05) is 30.3 Å². The number of ether oxygens (including phenoxy) is 1. The summed E-state index contributed by atoms with van der Waals surface area (Å²) in [5.41, 5.74) is 1.71. The molecule has 2 aromatic carbocycles. The van der Waals surface area contributed by atoms with Gasteiger partial charge in [0.2, 0.25) is 0 Å². The Kier molecular flexibility index (Phi) is 3.47. The maximum absolute atomic E-state index is 12.3. The van der Waals surface area contributed by atoms with Crippen molar-refractivity contribution < 1.29 is 24.2 Å². The van der Waals surface area contributed by atoms with Crippen LogP contribution in [0.25, 0.3) is 0 Å². The Labute approximate surface area is 126 Å². The fraction of sp³-hybridized carbons (Fsp3) is 0.118. The van der Waals surface area contributed by atoms with Crippen LogP contribution in [0.4, 0.5) is 0 Å².